The van der Waals surface area contributed by atoms with Gasteiger partial charge in [-0.25, -0.2) is 4.79 Å². The third-order valence-electron chi connectivity index (χ3n) is 0.589. The first-order valence-corrected chi connectivity index (χ1v) is 1.93. The van der Waals surface area contributed by atoms with Gasteiger partial charge in [-0.15, -0.1) is 0 Å². The molecule has 0 aliphatic rings. The first kappa shape index (κ1) is 6.81. The molecule has 0 unspecified atom stereocenters. The van der Waals surface area contributed by atoms with Gasteiger partial charge in [-0.2, -0.15) is 0 Å². The number of carboxylic acids is 1. The Labute approximate surface area is 46.2 Å². The highest BCUT2D eigenvalue weighted by Gasteiger charge is 2.06. The topological polar surface area (TPSA) is 85.0 Å². The van der Waals surface area contributed by atoms with Gasteiger partial charge in [0, 0.05) is 0 Å². The van der Waals surface area contributed by atoms with Crippen molar-refractivity contribution in [2.75, 3.05) is 0 Å². The van der Waals surface area contributed by atoms with Gasteiger partial charge in [0.2, 0.25) is 0 Å². The smallest absolute Gasteiger partial charge is 0.355 e. The average Bonchev–Trinajstić information content (AvgIpc) is 1.64. The van der Waals surface area contributed by atoms with Crippen LogP contribution in [0.1, 0.15) is 6.92 Å². The zero-order valence-corrected chi connectivity index (χ0v) is 4.36. The summed E-state index contributed by atoms with van der Waals surface area (Å²) in [6.45, 7) is 1.26. The van der Waals surface area contributed by atoms with Crippen LogP contribution in [0.25, 0.3) is 0 Å². The average molecular weight is 114 g/mol. The van der Waals surface area contributed by atoms with E-state index < -0.39 is 11.7 Å². The van der Waals surface area contributed by atoms with E-state index in [4.69, 9.17) is 15.9 Å². The van der Waals surface area contributed by atoms with Crippen molar-refractivity contribution in [2.24, 2.45) is 0 Å². The third-order valence-corrected chi connectivity index (χ3v) is 0.589. The van der Waals surface area contributed by atoms with Crippen LogP contribution in [0.4, 0.5) is 0 Å². The Morgan fingerprint density at radius 1 is 1.50 bits per heavy atom. The third kappa shape index (κ3) is 1.51. The van der Waals surface area contributed by atoms with Crippen molar-refractivity contribution in [3.8, 4) is 0 Å². The van der Waals surface area contributed by atoms with Crippen molar-refractivity contribution in [1.29, 1.82) is 10.8 Å². The Balaban J connectivity index is 4.05. The normalized spacial score (nSPS) is 8.12. The molecule has 0 aromatic rings. The number of nitrogens with one attached hydrogen (secondary N) is 2. The standard InChI is InChI=1S/C4H6N2O2/c1-2(5)3(6)4(7)8/h5-6H,1H3,(H,7,8). The second-order valence-corrected chi connectivity index (χ2v) is 1.31. The van der Waals surface area contributed by atoms with E-state index in [0.29, 0.717) is 0 Å². The molecule has 0 amide bonds. The maximum Gasteiger partial charge on any atom is 0.355 e. The molecule has 0 bridgehead atoms. The van der Waals surface area contributed by atoms with Crippen LogP contribution in [0.3, 0.4) is 0 Å². The number of aliphatic carboxylic acids is 1. The lowest BCUT2D eigenvalue weighted by Crippen LogP contribution is -2.18. The van der Waals surface area contributed by atoms with Gasteiger partial charge in [0.15, 0.2) is 5.71 Å². The van der Waals surface area contributed by atoms with Crippen LogP contribution in [-0.2, 0) is 4.79 Å². The first-order valence-electron chi connectivity index (χ1n) is 1.93. The fraction of sp³-hybridized carbons (Fsp3) is 0.250. The molecule has 4 heteroatoms. The fourth-order valence-corrected chi connectivity index (χ4v) is 0.160. The maximum atomic E-state index is 9.78. The first-order chi connectivity index (χ1) is 3.55. The van der Waals surface area contributed by atoms with Gasteiger partial charge >= 0.3 is 5.97 Å². The molecule has 3 N–H and O–H groups in total. The van der Waals surface area contributed by atoms with Crippen LogP contribution in [0.15, 0.2) is 0 Å². The fourth-order valence-electron chi connectivity index (χ4n) is 0.160. The van der Waals surface area contributed by atoms with Crippen molar-refractivity contribution >= 4 is 17.4 Å². The summed E-state index contributed by atoms with van der Waals surface area (Å²) in [6.07, 6.45) is 0. The molecule has 0 saturated heterocycles. The summed E-state index contributed by atoms with van der Waals surface area (Å²) < 4.78 is 0. The number of carbonyl (C=O) groups is 1. The van der Waals surface area contributed by atoms with Gasteiger partial charge < -0.3 is 10.5 Å². The van der Waals surface area contributed by atoms with Crippen molar-refractivity contribution in [3.63, 3.8) is 0 Å². The van der Waals surface area contributed by atoms with Crippen molar-refractivity contribution in [2.45, 2.75) is 6.92 Å². The minimum atomic E-state index is -1.35. The van der Waals surface area contributed by atoms with Gasteiger partial charge in [0.25, 0.3) is 0 Å². The van der Waals surface area contributed by atoms with E-state index in [-0.39, 0.29) is 5.71 Å². The molecular weight excluding hydrogens is 108 g/mol. The van der Waals surface area contributed by atoms with Crippen molar-refractivity contribution < 1.29 is 9.90 Å². The predicted octanol–water partition coefficient (Wildman–Crippen LogP) is 0.130. The molecule has 8 heavy (non-hydrogen) atoms. The highest BCUT2D eigenvalue weighted by molar-refractivity contribution is 6.63. The minimum absolute atomic E-state index is 0.225. The van der Waals surface area contributed by atoms with E-state index in [2.05, 4.69) is 0 Å². The van der Waals surface area contributed by atoms with Gasteiger partial charge in [-0.05, 0) is 6.92 Å². The van der Waals surface area contributed by atoms with Gasteiger partial charge in [-0.1, -0.05) is 0 Å². The largest absolute Gasteiger partial charge is 0.476 e. The van der Waals surface area contributed by atoms with Crippen LogP contribution < -0.4 is 0 Å². The number of hydrogen-bond donors (Lipinski definition) is 3. The number of rotatable bonds is 2. The lowest BCUT2D eigenvalue weighted by atomic mass is 10.3. The summed E-state index contributed by atoms with van der Waals surface area (Å²) in [4.78, 5) is 9.78. The Morgan fingerprint density at radius 3 is 1.88 bits per heavy atom. The highest BCUT2D eigenvalue weighted by atomic mass is 16.4. The summed E-state index contributed by atoms with van der Waals surface area (Å²) in [5.74, 6) is -1.35. The Kier molecular flexibility index (Phi) is 1.88. The van der Waals surface area contributed by atoms with Gasteiger partial charge in [0.05, 0.1) is 5.71 Å². The van der Waals surface area contributed by atoms with Crippen molar-refractivity contribution in [3.05, 3.63) is 0 Å². The molecule has 0 radical (unpaired) electrons. The van der Waals surface area contributed by atoms with Crippen LogP contribution >= 0.6 is 0 Å². The van der Waals surface area contributed by atoms with E-state index in [9.17, 15) is 4.79 Å². The van der Waals surface area contributed by atoms with E-state index in [1.54, 1.807) is 0 Å². The van der Waals surface area contributed by atoms with Gasteiger partial charge in [0.1, 0.15) is 0 Å². The summed E-state index contributed by atoms with van der Waals surface area (Å²) >= 11 is 0. The quantitative estimate of drug-likeness (QED) is 0.446. The van der Waals surface area contributed by atoms with Crippen LogP contribution in [0.2, 0.25) is 0 Å². The molecule has 0 aliphatic heterocycles. The highest BCUT2D eigenvalue weighted by Crippen LogP contribution is 1.74. The molecule has 0 atom stereocenters. The SMILES string of the molecule is CC(=N)C(=N)C(=O)O. The summed E-state index contributed by atoms with van der Waals surface area (Å²) in [7, 11) is 0. The molecule has 44 valence electrons. The lowest BCUT2D eigenvalue weighted by molar-refractivity contribution is -0.129. The van der Waals surface area contributed by atoms with E-state index >= 15 is 0 Å². The summed E-state index contributed by atoms with van der Waals surface area (Å²) in [5, 5.41) is 21.2. The van der Waals surface area contributed by atoms with E-state index in [0.717, 1.165) is 0 Å². The molecule has 0 heterocycles. The second-order valence-electron chi connectivity index (χ2n) is 1.31. The second kappa shape index (κ2) is 2.20. The Morgan fingerprint density at radius 2 is 1.88 bits per heavy atom. The van der Waals surface area contributed by atoms with Crippen LogP contribution in [0.5, 0.6) is 0 Å². The van der Waals surface area contributed by atoms with Crippen molar-refractivity contribution in [1.82, 2.24) is 0 Å². The monoisotopic (exact) mass is 114 g/mol. The van der Waals surface area contributed by atoms with E-state index in [1.807, 2.05) is 0 Å². The number of carboxylic acid groups (broad SMARTS) is 1. The number of hydrogen-bond acceptors (Lipinski definition) is 3. The molecule has 4 nitrogen and oxygen atoms in total. The molecule has 0 saturated carbocycles. The summed E-state index contributed by atoms with van der Waals surface area (Å²) in [5.41, 5.74) is -0.873. The molecule has 0 fully saturated rings. The minimum Gasteiger partial charge on any atom is -0.476 e. The molecule has 0 aliphatic carbocycles. The molecule has 0 spiro atoms. The predicted molar refractivity (Wildman–Crippen MR) is 28.8 cm³/mol. The zero-order valence-electron chi connectivity index (χ0n) is 4.36. The van der Waals surface area contributed by atoms with Crippen LogP contribution in [0, 0.1) is 10.8 Å². The maximum absolute atomic E-state index is 9.78. The van der Waals surface area contributed by atoms with Crippen LogP contribution in [-0.4, -0.2) is 22.5 Å². The van der Waals surface area contributed by atoms with Gasteiger partial charge in [-0.3, -0.25) is 5.41 Å². The molecular formula is C4H6N2O2. The molecule has 0 aromatic carbocycles. The molecule has 0 rings (SSSR count). The zero-order chi connectivity index (χ0) is 6.73. The Bertz CT molecular complexity index is 134. The summed E-state index contributed by atoms with van der Waals surface area (Å²) in [6, 6.07) is 0. The Hall–Kier alpha value is -1.19. The lowest BCUT2D eigenvalue weighted by Gasteiger charge is -1.88. The molecule has 0 aromatic heterocycles. The van der Waals surface area contributed by atoms with E-state index in [1.165, 1.54) is 6.92 Å².